The van der Waals surface area contributed by atoms with Gasteiger partial charge in [0, 0.05) is 27.7 Å². The van der Waals surface area contributed by atoms with Crippen LogP contribution in [-0.2, 0) is 9.84 Å². The van der Waals surface area contributed by atoms with Gasteiger partial charge in [-0.05, 0) is 24.6 Å². The number of rotatable bonds is 5. The second kappa shape index (κ2) is 5.98. The highest BCUT2D eigenvalue weighted by atomic mass is 79.9. The highest BCUT2D eigenvalue weighted by Crippen LogP contribution is 2.20. The van der Waals surface area contributed by atoms with Crippen LogP contribution in [0.5, 0.6) is 0 Å². The molecule has 1 aromatic carbocycles. The van der Waals surface area contributed by atoms with E-state index >= 15 is 0 Å². The molecule has 6 heteroatoms. The maximum absolute atomic E-state index is 11.8. The van der Waals surface area contributed by atoms with E-state index in [1.54, 1.807) is 18.2 Å². The zero-order chi connectivity index (χ0) is 13.1. The molecule has 0 atom stereocenters. The van der Waals surface area contributed by atoms with Gasteiger partial charge in [-0.3, -0.25) is 4.79 Å². The van der Waals surface area contributed by atoms with Gasteiger partial charge in [0.15, 0.2) is 5.78 Å². The Hall–Kier alpha value is -0.390. The molecule has 0 fully saturated rings. The van der Waals surface area contributed by atoms with Crippen LogP contribution in [-0.4, -0.2) is 26.2 Å². The van der Waals surface area contributed by atoms with Gasteiger partial charge in [-0.15, -0.1) is 0 Å². The molecule has 0 saturated carbocycles. The number of hydrogen-bond acceptors (Lipinski definition) is 3. The van der Waals surface area contributed by atoms with Crippen LogP contribution in [0.2, 0.25) is 5.02 Å². The smallest absolute Gasteiger partial charge is 0.162 e. The monoisotopic (exact) mass is 338 g/mol. The number of ketones is 1. The van der Waals surface area contributed by atoms with Crippen LogP contribution in [0.4, 0.5) is 0 Å². The Bertz CT molecular complexity index is 505. The molecule has 1 aromatic rings. The van der Waals surface area contributed by atoms with Gasteiger partial charge in [0.25, 0.3) is 0 Å². The molecule has 0 bridgehead atoms. The first kappa shape index (κ1) is 14.7. The van der Waals surface area contributed by atoms with Crippen LogP contribution >= 0.6 is 27.5 Å². The third-order valence-corrected chi connectivity index (χ3v) is 3.81. The van der Waals surface area contributed by atoms with Gasteiger partial charge in [0.1, 0.15) is 9.84 Å². The number of halogens is 2. The molecule has 0 aliphatic rings. The molecule has 0 N–H and O–H groups in total. The zero-order valence-electron chi connectivity index (χ0n) is 9.24. The van der Waals surface area contributed by atoms with Crippen molar-refractivity contribution < 1.29 is 13.2 Å². The van der Waals surface area contributed by atoms with Gasteiger partial charge >= 0.3 is 0 Å². The summed E-state index contributed by atoms with van der Waals surface area (Å²) in [5, 5.41) is 0.478. The summed E-state index contributed by atoms with van der Waals surface area (Å²) in [5.41, 5.74) is 0.498. The van der Waals surface area contributed by atoms with Crippen molar-refractivity contribution in [2.45, 2.75) is 12.8 Å². The number of sulfone groups is 1. The lowest BCUT2D eigenvalue weighted by atomic mass is 10.1. The van der Waals surface area contributed by atoms with E-state index in [1.807, 2.05) is 0 Å². The summed E-state index contributed by atoms with van der Waals surface area (Å²) >= 11 is 9.07. The lowest BCUT2D eigenvalue weighted by Crippen LogP contribution is -2.06. The SMILES string of the molecule is CS(=O)(=O)CCCC(=O)c1cc(Cl)cc(Br)c1. The molecule has 0 spiro atoms. The van der Waals surface area contributed by atoms with Crippen LogP contribution in [0.3, 0.4) is 0 Å². The molecule has 1 rings (SSSR count). The molecule has 0 amide bonds. The van der Waals surface area contributed by atoms with Crippen molar-refractivity contribution in [2.24, 2.45) is 0 Å². The Balaban J connectivity index is 2.64. The maximum atomic E-state index is 11.8. The first-order chi connectivity index (χ1) is 7.78. The van der Waals surface area contributed by atoms with Crippen molar-refractivity contribution >= 4 is 43.2 Å². The molecule has 0 aliphatic heterocycles. The molecular weight excluding hydrogens is 328 g/mol. The molecule has 0 unspecified atom stereocenters. The molecule has 94 valence electrons. The highest BCUT2D eigenvalue weighted by molar-refractivity contribution is 9.10. The highest BCUT2D eigenvalue weighted by Gasteiger charge is 2.09. The van der Waals surface area contributed by atoms with E-state index in [2.05, 4.69) is 15.9 Å². The van der Waals surface area contributed by atoms with E-state index < -0.39 is 9.84 Å². The average molecular weight is 340 g/mol. The number of hydrogen-bond donors (Lipinski definition) is 0. The van der Waals surface area contributed by atoms with E-state index in [4.69, 9.17) is 11.6 Å². The summed E-state index contributed by atoms with van der Waals surface area (Å²) in [7, 11) is -3.01. The van der Waals surface area contributed by atoms with Crippen molar-refractivity contribution in [3.63, 3.8) is 0 Å². The Morgan fingerprint density at radius 3 is 2.53 bits per heavy atom. The first-order valence-electron chi connectivity index (χ1n) is 4.95. The molecule has 0 aliphatic carbocycles. The van der Waals surface area contributed by atoms with Crippen molar-refractivity contribution in [1.29, 1.82) is 0 Å². The van der Waals surface area contributed by atoms with Gasteiger partial charge in [0.05, 0.1) is 5.75 Å². The Morgan fingerprint density at radius 1 is 1.35 bits per heavy atom. The molecule has 0 heterocycles. The number of benzene rings is 1. The van der Waals surface area contributed by atoms with Crippen LogP contribution in [0.15, 0.2) is 22.7 Å². The molecule has 0 aromatic heterocycles. The van der Waals surface area contributed by atoms with Gasteiger partial charge in [-0.25, -0.2) is 8.42 Å². The number of carbonyl (C=O) groups is 1. The summed E-state index contributed by atoms with van der Waals surface area (Å²) < 4.78 is 22.6. The van der Waals surface area contributed by atoms with Crippen molar-refractivity contribution in [3.8, 4) is 0 Å². The summed E-state index contributed by atoms with van der Waals surface area (Å²) in [6.07, 6.45) is 1.70. The Kier molecular flexibility index (Phi) is 5.16. The van der Waals surface area contributed by atoms with Crippen LogP contribution in [0, 0.1) is 0 Å². The fraction of sp³-hybridized carbons (Fsp3) is 0.364. The molecule has 0 radical (unpaired) electrons. The van der Waals surface area contributed by atoms with Crippen LogP contribution in [0.25, 0.3) is 0 Å². The summed E-state index contributed by atoms with van der Waals surface area (Å²) in [6.45, 7) is 0. The number of carbonyl (C=O) groups excluding carboxylic acids is 1. The third kappa shape index (κ3) is 5.66. The predicted octanol–water partition coefficient (Wildman–Crippen LogP) is 3.11. The van der Waals surface area contributed by atoms with Crippen molar-refractivity contribution in [2.75, 3.05) is 12.0 Å². The molecular formula is C11H12BrClO3S. The largest absolute Gasteiger partial charge is 0.294 e. The van der Waals surface area contributed by atoms with E-state index in [0.29, 0.717) is 17.0 Å². The zero-order valence-corrected chi connectivity index (χ0v) is 12.4. The van der Waals surface area contributed by atoms with E-state index in [9.17, 15) is 13.2 Å². The van der Waals surface area contributed by atoms with Crippen molar-refractivity contribution in [3.05, 3.63) is 33.3 Å². The third-order valence-electron chi connectivity index (χ3n) is 2.10. The first-order valence-corrected chi connectivity index (χ1v) is 8.18. The predicted molar refractivity (Wildman–Crippen MR) is 72.4 cm³/mol. The van der Waals surface area contributed by atoms with Gasteiger partial charge in [-0.1, -0.05) is 27.5 Å². The van der Waals surface area contributed by atoms with Crippen LogP contribution in [0.1, 0.15) is 23.2 Å². The summed E-state index contributed by atoms with van der Waals surface area (Å²) in [5.74, 6) is -0.0719. The average Bonchev–Trinajstić information content (AvgIpc) is 2.13. The number of Topliss-reactive ketones (excluding diaryl/α,β-unsaturated/α-hetero) is 1. The fourth-order valence-corrected chi connectivity index (χ4v) is 2.88. The summed E-state index contributed by atoms with van der Waals surface area (Å²) in [6, 6.07) is 4.94. The lowest BCUT2D eigenvalue weighted by molar-refractivity contribution is 0.0982. The summed E-state index contributed by atoms with van der Waals surface area (Å²) in [4.78, 5) is 11.8. The lowest BCUT2D eigenvalue weighted by Gasteiger charge is -2.02. The molecule has 17 heavy (non-hydrogen) atoms. The van der Waals surface area contributed by atoms with Gasteiger partial charge < -0.3 is 0 Å². The minimum atomic E-state index is -3.01. The molecule has 3 nitrogen and oxygen atoms in total. The van der Waals surface area contributed by atoms with Gasteiger partial charge in [0.2, 0.25) is 0 Å². The maximum Gasteiger partial charge on any atom is 0.162 e. The second-order valence-corrected chi connectivity index (χ2v) is 7.43. The van der Waals surface area contributed by atoms with Crippen molar-refractivity contribution in [1.82, 2.24) is 0 Å². The normalized spacial score (nSPS) is 11.5. The Labute approximate surface area is 114 Å². The minimum Gasteiger partial charge on any atom is -0.294 e. The Morgan fingerprint density at radius 2 is 2.00 bits per heavy atom. The van der Waals surface area contributed by atoms with E-state index in [1.165, 1.54) is 0 Å². The van der Waals surface area contributed by atoms with Crippen LogP contribution < -0.4 is 0 Å². The van der Waals surface area contributed by atoms with E-state index in [-0.39, 0.29) is 18.0 Å². The standard InChI is InChI=1S/C11H12BrClO3S/c1-17(15,16)4-2-3-11(14)8-5-9(12)7-10(13)6-8/h5-7H,2-4H2,1H3. The topological polar surface area (TPSA) is 51.2 Å². The molecule has 0 saturated heterocycles. The van der Waals surface area contributed by atoms with E-state index in [0.717, 1.165) is 10.7 Å². The second-order valence-electron chi connectivity index (χ2n) is 3.81. The quantitative estimate of drug-likeness (QED) is 0.775. The fourth-order valence-electron chi connectivity index (χ4n) is 1.35. The van der Waals surface area contributed by atoms with Gasteiger partial charge in [-0.2, -0.15) is 0 Å². The minimum absolute atomic E-state index is 0.0282.